The SMILES string of the molecule is CCOC1=C(C)CCC(C(C)C)C1=O. The molecule has 0 aromatic carbocycles. The van der Waals surface area contributed by atoms with Gasteiger partial charge in [-0.2, -0.15) is 0 Å². The van der Waals surface area contributed by atoms with E-state index in [0.29, 0.717) is 18.3 Å². The first-order valence-corrected chi connectivity index (χ1v) is 5.44. The maximum atomic E-state index is 12.0. The zero-order valence-electron chi connectivity index (χ0n) is 9.59. The smallest absolute Gasteiger partial charge is 0.200 e. The van der Waals surface area contributed by atoms with Crippen LogP contribution in [0, 0.1) is 11.8 Å². The molecule has 1 unspecified atom stereocenters. The third-order valence-electron chi connectivity index (χ3n) is 2.87. The molecule has 1 aliphatic carbocycles. The summed E-state index contributed by atoms with van der Waals surface area (Å²) in [6, 6.07) is 0. The molecule has 1 rings (SSSR count). The van der Waals surface area contributed by atoms with Gasteiger partial charge in [-0.1, -0.05) is 13.8 Å². The van der Waals surface area contributed by atoms with Crippen LogP contribution in [0.1, 0.15) is 40.5 Å². The highest BCUT2D eigenvalue weighted by molar-refractivity contribution is 5.97. The highest BCUT2D eigenvalue weighted by Gasteiger charge is 2.31. The predicted molar refractivity (Wildman–Crippen MR) is 56.9 cm³/mol. The monoisotopic (exact) mass is 196 g/mol. The van der Waals surface area contributed by atoms with E-state index in [-0.39, 0.29) is 11.7 Å². The average Bonchev–Trinajstić information content (AvgIpc) is 2.11. The molecule has 0 aromatic heterocycles. The number of hydrogen-bond donors (Lipinski definition) is 0. The fourth-order valence-electron chi connectivity index (χ4n) is 1.97. The Morgan fingerprint density at radius 3 is 2.64 bits per heavy atom. The average molecular weight is 196 g/mol. The van der Waals surface area contributed by atoms with E-state index in [1.165, 1.54) is 0 Å². The molecule has 0 bridgehead atoms. The number of allylic oxidation sites excluding steroid dienone is 2. The van der Waals surface area contributed by atoms with E-state index in [2.05, 4.69) is 13.8 Å². The lowest BCUT2D eigenvalue weighted by Crippen LogP contribution is -2.27. The molecule has 1 atom stereocenters. The number of hydrogen-bond acceptors (Lipinski definition) is 2. The zero-order chi connectivity index (χ0) is 10.7. The van der Waals surface area contributed by atoms with Gasteiger partial charge in [0, 0.05) is 5.92 Å². The van der Waals surface area contributed by atoms with Crippen molar-refractivity contribution in [1.29, 1.82) is 0 Å². The van der Waals surface area contributed by atoms with Crippen LogP contribution in [0.4, 0.5) is 0 Å². The fourth-order valence-corrected chi connectivity index (χ4v) is 1.97. The van der Waals surface area contributed by atoms with Gasteiger partial charge in [0.1, 0.15) is 0 Å². The van der Waals surface area contributed by atoms with E-state index >= 15 is 0 Å². The minimum absolute atomic E-state index is 0.167. The molecular formula is C12H20O2. The van der Waals surface area contributed by atoms with Gasteiger partial charge in [-0.3, -0.25) is 4.79 Å². The lowest BCUT2D eigenvalue weighted by molar-refractivity contribution is -0.125. The maximum Gasteiger partial charge on any atom is 0.200 e. The molecule has 0 heterocycles. The summed E-state index contributed by atoms with van der Waals surface area (Å²) in [7, 11) is 0. The van der Waals surface area contributed by atoms with Crippen molar-refractivity contribution in [2.45, 2.75) is 40.5 Å². The molecule has 14 heavy (non-hydrogen) atoms. The van der Waals surface area contributed by atoms with Crippen LogP contribution in [0.2, 0.25) is 0 Å². The van der Waals surface area contributed by atoms with Crippen LogP contribution >= 0.6 is 0 Å². The fraction of sp³-hybridized carbons (Fsp3) is 0.750. The molecule has 0 saturated heterocycles. The minimum atomic E-state index is 0.167. The number of carbonyl (C=O) groups excluding carboxylic acids is 1. The van der Waals surface area contributed by atoms with Crippen molar-refractivity contribution in [1.82, 2.24) is 0 Å². The quantitative estimate of drug-likeness (QED) is 0.693. The molecule has 0 aromatic rings. The van der Waals surface area contributed by atoms with Crippen molar-refractivity contribution in [2.75, 3.05) is 6.61 Å². The third-order valence-corrected chi connectivity index (χ3v) is 2.87. The van der Waals surface area contributed by atoms with Crippen LogP contribution in [-0.4, -0.2) is 12.4 Å². The summed E-state index contributed by atoms with van der Waals surface area (Å²) < 4.78 is 5.42. The number of Topliss-reactive ketones (excluding diaryl/α,β-unsaturated/α-hetero) is 1. The lowest BCUT2D eigenvalue weighted by atomic mass is 9.80. The van der Waals surface area contributed by atoms with Crippen LogP contribution in [0.5, 0.6) is 0 Å². The Hall–Kier alpha value is -0.790. The summed E-state index contributed by atoms with van der Waals surface area (Å²) in [5.74, 6) is 1.44. The van der Waals surface area contributed by atoms with E-state index in [1.54, 1.807) is 0 Å². The summed E-state index contributed by atoms with van der Waals surface area (Å²) in [5, 5.41) is 0. The van der Waals surface area contributed by atoms with E-state index in [4.69, 9.17) is 4.74 Å². The maximum absolute atomic E-state index is 12.0. The summed E-state index contributed by atoms with van der Waals surface area (Å²) in [5.41, 5.74) is 1.12. The first-order valence-electron chi connectivity index (χ1n) is 5.44. The van der Waals surface area contributed by atoms with E-state index in [0.717, 1.165) is 18.4 Å². The van der Waals surface area contributed by atoms with Gasteiger partial charge in [0.05, 0.1) is 6.61 Å². The Balaban J connectivity index is 2.84. The molecule has 0 aliphatic heterocycles. The highest BCUT2D eigenvalue weighted by Crippen LogP contribution is 2.31. The molecule has 2 heteroatoms. The second-order valence-electron chi connectivity index (χ2n) is 4.30. The van der Waals surface area contributed by atoms with Gasteiger partial charge >= 0.3 is 0 Å². The largest absolute Gasteiger partial charge is 0.490 e. The molecular weight excluding hydrogens is 176 g/mol. The Labute approximate surface area is 86.3 Å². The number of ketones is 1. The molecule has 0 radical (unpaired) electrons. The van der Waals surface area contributed by atoms with Crippen LogP contribution in [0.3, 0.4) is 0 Å². The summed E-state index contributed by atoms with van der Waals surface area (Å²) in [6.07, 6.45) is 1.99. The first-order chi connectivity index (χ1) is 6.57. The molecule has 0 N–H and O–H groups in total. The lowest BCUT2D eigenvalue weighted by Gasteiger charge is -2.26. The summed E-state index contributed by atoms with van der Waals surface area (Å²) in [4.78, 5) is 12.0. The second kappa shape index (κ2) is 4.63. The van der Waals surface area contributed by atoms with Crippen LogP contribution in [-0.2, 0) is 9.53 Å². The van der Waals surface area contributed by atoms with Gasteiger partial charge in [-0.15, -0.1) is 0 Å². The molecule has 0 amide bonds. The molecule has 1 aliphatic rings. The minimum Gasteiger partial charge on any atom is -0.490 e. The van der Waals surface area contributed by atoms with Crippen molar-refractivity contribution in [3.05, 3.63) is 11.3 Å². The van der Waals surface area contributed by atoms with Gasteiger partial charge in [0.2, 0.25) is 5.78 Å². The zero-order valence-corrected chi connectivity index (χ0v) is 9.59. The van der Waals surface area contributed by atoms with Crippen molar-refractivity contribution in [3.8, 4) is 0 Å². The molecule has 0 spiro atoms. The van der Waals surface area contributed by atoms with Gasteiger partial charge in [0.15, 0.2) is 5.76 Å². The summed E-state index contributed by atoms with van der Waals surface area (Å²) >= 11 is 0. The standard InChI is InChI=1S/C12H20O2/c1-5-14-12-9(4)6-7-10(8(2)3)11(12)13/h8,10H,5-7H2,1-4H3. The van der Waals surface area contributed by atoms with Gasteiger partial charge in [0.25, 0.3) is 0 Å². The normalized spacial score (nSPS) is 23.2. The van der Waals surface area contributed by atoms with Gasteiger partial charge in [-0.05, 0) is 38.2 Å². The predicted octanol–water partition coefficient (Wildman–Crippen LogP) is 2.93. The third kappa shape index (κ3) is 2.17. The van der Waals surface area contributed by atoms with Crippen molar-refractivity contribution < 1.29 is 9.53 Å². The Morgan fingerprint density at radius 1 is 1.50 bits per heavy atom. The van der Waals surface area contributed by atoms with Gasteiger partial charge < -0.3 is 4.74 Å². The molecule has 80 valence electrons. The second-order valence-corrected chi connectivity index (χ2v) is 4.30. The van der Waals surface area contributed by atoms with Crippen molar-refractivity contribution >= 4 is 5.78 Å². The highest BCUT2D eigenvalue weighted by atomic mass is 16.5. The number of carbonyl (C=O) groups is 1. The Bertz CT molecular complexity index is 251. The molecule has 0 saturated carbocycles. The number of ether oxygens (including phenoxy) is 1. The first kappa shape index (κ1) is 11.3. The van der Waals surface area contributed by atoms with Crippen molar-refractivity contribution in [2.24, 2.45) is 11.8 Å². The van der Waals surface area contributed by atoms with E-state index in [1.807, 2.05) is 13.8 Å². The van der Waals surface area contributed by atoms with E-state index in [9.17, 15) is 4.79 Å². The summed E-state index contributed by atoms with van der Waals surface area (Å²) in [6.45, 7) is 8.72. The van der Waals surface area contributed by atoms with Crippen LogP contribution < -0.4 is 0 Å². The number of rotatable bonds is 3. The molecule has 2 nitrogen and oxygen atoms in total. The van der Waals surface area contributed by atoms with Crippen LogP contribution in [0.25, 0.3) is 0 Å². The van der Waals surface area contributed by atoms with Crippen molar-refractivity contribution in [3.63, 3.8) is 0 Å². The Morgan fingerprint density at radius 2 is 2.14 bits per heavy atom. The van der Waals surface area contributed by atoms with E-state index < -0.39 is 0 Å². The molecule has 0 fully saturated rings. The van der Waals surface area contributed by atoms with Crippen LogP contribution in [0.15, 0.2) is 11.3 Å². The topological polar surface area (TPSA) is 26.3 Å². The Kier molecular flexibility index (Phi) is 3.73. The van der Waals surface area contributed by atoms with Gasteiger partial charge in [-0.25, -0.2) is 0 Å².